The Morgan fingerprint density at radius 1 is 1.16 bits per heavy atom. The van der Waals surface area contributed by atoms with Crippen LogP contribution in [0.5, 0.6) is 0 Å². The third-order valence-electron chi connectivity index (χ3n) is 4.59. The molecule has 6 nitrogen and oxygen atoms in total. The fraction of sp³-hybridized carbons (Fsp3) is 0.353. The highest BCUT2D eigenvalue weighted by atomic mass is 79.9. The van der Waals surface area contributed by atoms with E-state index in [1.165, 1.54) is 12.1 Å². The number of anilines is 1. The summed E-state index contributed by atoms with van der Waals surface area (Å²) in [5, 5.41) is 5.27. The summed E-state index contributed by atoms with van der Waals surface area (Å²) < 4.78 is 15.8. The van der Waals surface area contributed by atoms with Crippen LogP contribution in [0.3, 0.4) is 0 Å². The lowest BCUT2D eigenvalue weighted by atomic mass is 10.2. The average Bonchev–Trinajstić information content (AvgIpc) is 3.00. The van der Waals surface area contributed by atoms with Crippen LogP contribution in [0.1, 0.15) is 5.56 Å². The van der Waals surface area contributed by atoms with E-state index < -0.39 is 0 Å². The van der Waals surface area contributed by atoms with Gasteiger partial charge in [0.2, 0.25) is 0 Å². The van der Waals surface area contributed by atoms with E-state index in [1.807, 2.05) is 19.3 Å². The first-order chi connectivity index (χ1) is 12.1. The molecule has 1 aromatic carbocycles. The second-order valence-electron chi connectivity index (χ2n) is 6.20. The first kappa shape index (κ1) is 16.4. The van der Waals surface area contributed by atoms with E-state index in [4.69, 9.17) is 0 Å². The van der Waals surface area contributed by atoms with Crippen LogP contribution in [-0.4, -0.2) is 50.8 Å². The highest BCUT2D eigenvalue weighted by Gasteiger charge is 2.21. The van der Waals surface area contributed by atoms with Crippen LogP contribution in [-0.2, 0) is 13.6 Å². The van der Waals surface area contributed by atoms with Crippen LogP contribution in [0.2, 0.25) is 0 Å². The molecule has 1 aliphatic heterocycles. The minimum absolute atomic E-state index is 0.218. The first-order valence-electron chi connectivity index (χ1n) is 8.16. The minimum atomic E-state index is -0.218. The monoisotopic (exact) mass is 404 g/mol. The van der Waals surface area contributed by atoms with E-state index in [2.05, 4.69) is 40.8 Å². The highest BCUT2D eigenvalue weighted by Crippen LogP contribution is 2.24. The Morgan fingerprint density at radius 2 is 1.96 bits per heavy atom. The summed E-state index contributed by atoms with van der Waals surface area (Å²) in [6.07, 6.45) is 3.42. The van der Waals surface area contributed by atoms with Crippen molar-refractivity contribution >= 4 is 32.8 Å². The van der Waals surface area contributed by atoms with Crippen molar-refractivity contribution in [2.24, 2.45) is 7.05 Å². The molecule has 0 spiro atoms. The van der Waals surface area contributed by atoms with Crippen molar-refractivity contribution in [3.8, 4) is 0 Å². The lowest BCUT2D eigenvalue weighted by Crippen LogP contribution is -2.46. The number of fused-ring (bicyclic) bond motifs is 1. The summed E-state index contributed by atoms with van der Waals surface area (Å²) in [4.78, 5) is 13.4. The molecule has 3 aromatic rings. The first-order valence-corrected chi connectivity index (χ1v) is 8.95. The van der Waals surface area contributed by atoms with E-state index in [0.717, 1.165) is 59.6 Å². The molecule has 0 aliphatic carbocycles. The van der Waals surface area contributed by atoms with Crippen molar-refractivity contribution in [1.29, 1.82) is 0 Å². The molecule has 0 N–H and O–H groups in total. The van der Waals surface area contributed by atoms with Crippen molar-refractivity contribution in [3.05, 3.63) is 46.6 Å². The Balaban J connectivity index is 1.46. The predicted octanol–water partition coefficient (Wildman–Crippen LogP) is 2.59. The zero-order valence-electron chi connectivity index (χ0n) is 13.9. The third kappa shape index (κ3) is 3.23. The number of hydrogen-bond acceptors (Lipinski definition) is 5. The van der Waals surface area contributed by atoms with Crippen LogP contribution < -0.4 is 4.90 Å². The van der Waals surface area contributed by atoms with Gasteiger partial charge in [-0.3, -0.25) is 9.58 Å². The van der Waals surface area contributed by atoms with Gasteiger partial charge >= 0.3 is 0 Å². The molecule has 0 radical (unpaired) electrons. The van der Waals surface area contributed by atoms with E-state index in [1.54, 1.807) is 11.0 Å². The zero-order chi connectivity index (χ0) is 17.4. The zero-order valence-corrected chi connectivity index (χ0v) is 15.4. The number of hydrogen-bond donors (Lipinski definition) is 0. The molecule has 0 atom stereocenters. The topological polar surface area (TPSA) is 50.1 Å². The second-order valence-corrected chi connectivity index (χ2v) is 7.06. The maximum atomic E-state index is 13.2. The number of benzene rings is 1. The Bertz CT molecular complexity index is 903. The van der Waals surface area contributed by atoms with Crippen LogP contribution in [0.15, 0.2) is 35.2 Å². The molecule has 1 aliphatic rings. The fourth-order valence-electron chi connectivity index (χ4n) is 3.21. The fourth-order valence-corrected chi connectivity index (χ4v) is 3.69. The number of aryl methyl sites for hydroxylation is 1. The van der Waals surface area contributed by atoms with Gasteiger partial charge in [-0.15, -0.1) is 0 Å². The Labute approximate surface area is 153 Å². The quantitative estimate of drug-likeness (QED) is 0.671. The molecular weight excluding hydrogens is 387 g/mol. The van der Waals surface area contributed by atoms with Crippen molar-refractivity contribution in [2.75, 3.05) is 31.1 Å². The van der Waals surface area contributed by atoms with Gasteiger partial charge in [0.05, 0.1) is 11.6 Å². The van der Waals surface area contributed by atoms with Gasteiger partial charge in [-0.2, -0.15) is 5.10 Å². The summed E-state index contributed by atoms with van der Waals surface area (Å²) in [7, 11) is 1.89. The van der Waals surface area contributed by atoms with E-state index in [0.29, 0.717) is 0 Å². The number of halogens is 2. The normalized spacial score (nSPS) is 15.9. The van der Waals surface area contributed by atoms with Crippen molar-refractivity contribution < 1.29 is 4.39 Å². The van der Waals surface area contributed by atoms with Crippen molar-refractivity contribution in [3.63, 3.8) is 0 Å². The van der Waals surface area contributed by atoms with Gasteiger partial charge in [0.15, 0.2) is 5.65 Å². The van der Waals surface area contributed by atoms with Crippen molar-refractivity contribution in [2.45, 2.75) is 6.54 Å². The van der Waals surface area contributed by atoms with Gasteiger partial charge in [0, 0.05) is 44.2 Å². The van der Waals surface area contributed by atoms with Gasteiger partial charge < -0.3 is 4.90 Å². The number of piperazine rings is 1. The predicted molar refractivity (Wildman–Crippen MR) is 97.9 cm³/mol. The molecule has 4 rings (SSSR count). The summed E-state index contributed by atoms with van der Waals surface area (Å²) in [6.45, 7) is 4.44. The second kappa shape index (κ2) is 6.68. The molecule has 8 heteroatoms. The van der Waals surface area contributed by atoms with Gasteiger partial charge in [-0.25, -0.2) is 14.4 Å². The molecule has 0 unspecified atom stereocenters. The summed E-state index contributed by atoms with van der Waals surface area (Å²) in [5.74, 6) is 0.727. The van der Waals surface area contributed by atoms with Crippen LogP contribution in [0.25, 0.3) is 11.0 Å². The van der Waals surface area contributed by atoms with Crippen LogP contribution >= 0.6 is 15.9 Å². The maximum Gasteiger partial charge on any atom is 0.163 e. The van der Waals surface area contributed by atoms with Crippen LogP contribution in [0.4, 0.5) is 10.2 Å². The molecule has 130 valence electrons. The number of nitrogens with zero attached hydrogens (tertiary/aromatic N) is 6. The van der Waals surface area contributed by atoms with E-state index in [9.17, 15) is 4.39 Å². The average molecular weight is 405 g/mol. The molecular formula is C17H18BrFN6. The molecule has 25 heavy (non-hydrogen) atoms. The summed E-state index contributed by atoms with van der Waals surface area (Å²) in [6, 6.07) is 4.87. The molecule has 0 amide bonds. The van der Waals surface area contributed by atoms with Crippen molar-refractivity contribution in [1.82, 2.24) is 24.6 Å². The molecule has 3 heterocycles. The van der Waals surface area contributed by atoms with Gasteiger partial charge in [-0.1, -0.05) is 22.0 Å². The molecule has 1 saturated heterocycles. The number of rotatable bonds is 3. The Morgan fingerprint density at radius 3 is 2.72 bits per heavy atom. The van der Waals surface area contributed by atoms with E-state index >= 15 is 0 Å². The minimum Gasteiger partial charge on any atom is -0.353 e. The maximum absolute atomic E-state index is 13.2. The molecule has 0 bridgehead atoms. The standard InChI is InChI=1S/C17H18BrFN6/c1-23-16-14(9-22-23)17(21-11-20-16)25-6-4-24(5-7-25)10-12-2-3-13(19)8-15(12)18/h2-3,8-9,11H,4-7,10H2,1H3. The Kier molecular flexibility index (Phi) is 4.39. The van der Waals surface area contributed by atoms with Gasteiger partial charge in [0.1, 0.15) is 18.0 Å². The van der Waals surface area contributed by atoms with Gasteiger partial charge in [-0.05, 0) is 17.7 Å². The summed E-state index contributed by atoms with van der Waals surface area (Å²) in [5.41, 5.74) is 1.95. The highest BCUT2D eigenvalue weighted by molar-refractivity contribution is 9.10. The molecule has 2 aromatic heterocycles. The number of aromatic nitrogens is 4. The van der Waals surface area contributed by atoms with Crippen LogP contribution in [0, 0.1) is 5.82 Å². The van der Waals surface area contributed by atoms with E-state index in [-0.39, 0.29) is 5.82 Å². The SMILES string of the molecule is Cn1ncc2c(N3CCN(Cc4ccc(F)cc4Br)CC3)ncnc21. The molecule has 1 fully saturated rings. The lowest BCUT2D eigenvalue weighted by Gasteiger charge is -2.35. The summed E-state index contributed by atoms with van der Waals surface area (Å²) >= 11 is 3.45. The smallest absolute Gasteiger partial charge is 0.163 e. The molecule has 0 saturated carbocycles. The lowest BCUT2D eigenvalue weighted by molar-refractivity contribution is 0.249. The van der Waals surface area contributed by atoms with Gasteiger partial charge in [0.25, 0.3) is 0 Å². The third-order valence-corrected chi connectivity index (χ3v) is 5.33. The largest absolute Gasteiger partial charge is 0.353 e. The Hall–Kier alpha value is -2.06.